The van der Waals surface area contributed by atoms with Crippen molar-refractivity contribution in [3.8, 4) is 29.1 Å². The maximum absolute atomic E-state index is 10.8. The summed E-state index contributed by atoms with van der Waals surface area (Å²) in [6.07, 6.45) is 0. The van der Waals surface area contributed by atoms with Gasteiger partial charge in [-0.2, -0.15) is 0 Å². The van der Waals surface area contributed by atoms with Gasteiger partial charge in [0.2, 0.25) is 14.1 Å². The first-order valence-electron chi connectivity index (χ1n) is 7.55. The average molecular weight is 342 g/mol. The Kier molecular flexibility index (Phi) is 5.55. The summed E-state index contributed by atoms with van der Waals surface area (Å²) in [6.45, 7) is 3.65. The molecule has 0 saturated heterocycles. The van der Waals surface area contributed by atoms with Gasteiger partial charge in [0, 0.05) is 16.3 Å². The molecular weight excluding hydrogens is 320 g/mol. The van der Waals surface area contributed by atoms with E-state index in [-0.39, 0.29) is 0 Å². The Balaban J connectivity index is 2.72. The van der Waals surface area contributed by atoms with Crippen LogP contribution in [0.3, 0.4) is 0 Å². The van der Waals surface area contributed by atoms with Crippen molar-refractivity contribution in [2.45, 2.75) is 13.1 Å². The van der Waals surface area contributed by atoms with E-state index in [0.717, 1.165) is 5.56 Å². The van der Waals surface area contributed by atoms with Crippen LogP contribution in [-0.4, -0.2) is 34.4 Å². The molecule has 0 saturated carbocycles. The summed E-state index contributed by atoms with van der Waals surface area (Å²) in [5.41, 5.74) is 1.59. The topological polar surface area (TPSA) is 47.9 Å². The van der Waals surface area contributed by atoms with Gasteiger partial charge in [0.05, 0.1) is 21.3 Å². The van der Waals surface area contributed by atoms with Crippen molar-refractivity contribution in [3.63, 3.8) is 0 Å². The van der Waals surface area contributed by atoms with Crippen LogP contribution < -0.4 is 19.4 Å². The van der Waals surface area contributed by atoms with E-state index in [4.69, 9.17) is 14.2 Å². The molecule has 1 N–H and O–H groups in total. The summed E-state index contributed by atoms with van der Waals surface area (Å²) in [4.78, 5) is 10.8. The Morgan fingerprint density at radius 1 is 0.875 bits per heavy atom. The molecule has 0 aromatic heterocycles. The molecule has 0 aliphatic carbocycles. The molecule has 0 unspecified atom stereocenters. The van der Waals surface area contributed by atoms with Crippen molar-refractivity contribution >= 4 is 13.5 Å². The second-order valence-corrected chi connectivity index (χ2v) is 9.36. The lowest BCUT2D eigenvalue weighted by Gasteiger charge is -2.23. The van der Waals surface area contributed by atoms with Crippen LogP contribution in [0.2, 0.25) is 13.1 Å². The number of methoxy groups -OCH3 is 3. The predicted octanol–water partition coefficient (Wildman–Crippen LogP) is 2.52. The highest BCUT2D eigenvalue weighted by atomic mass is 28.4. The number of rotatable bonds is 4. The lowest BCUT2D eigenvalue weighted by Crippen LogP contribution is -2.44. The summed E-state index contributed by atoms with van der Waals surface area (Å²) in [7, 11) is 1.93. The highest BCUT2D eigenvalue weighted by Crippen LogP contribution is 2.38. The van der Waals surface area contributed by atoms with Crippen LogP contribution in [0.1, 0.15) is 11.1 Å². The molecule has 0 fully saturated rings. The fourth-order valence-corrected chi connectivity index (χ4v) is 4.09. The van der Waals surface area contributed by atoms with Crippen molar-refractivity contribution in [3.05, 3.63) is 47.5 Å². The molecule has 2 aromatic carbocycles. The Morgan fingerprint density at radius 3 is 2.00 bits per heavy atom. The van der Waals surface area contributed by atoms with E-state index < -0.39 is 8.32 Å². The zero-order chi connectivity index (χ0) is 17.7. The number of ether oxygens (including phenoxy) is 3. The van der Waals surface area contributed by atoms with Crippen LogP contribution in [0.25, 0.3) is 0 Å². The van der Waals surface area contributed by atoms with E-state index in [2.05, 4.69) is 11.8 Å². The first-order chi connectivity index (χ1) is 11.4. The number of hydrogen-bond donors (Lipinski definition) is 1. The van der Waals surface area contributed by atoms with E-state index in [0.29, 0.717) is 28.0 Å². The van der Waals surface area contributed by atoms with Crippen LogP contribution in [0, 0.1) is 11.8 Å². The quantitative estimate of drug-likeness (QED) is 0.685. The lowest BCUT2D eigenvalue weighted by molar-refractivity contribution is 0.325. The van der Waals surface area contributed by atoms with Gasteiger partial charge in [0.25, 0.3) is 0 Å². The summed E-state index contributed by atoms with van der Waals surface area (Å²) in [6, 6.07) is 11.5. The minimum absolute atomic E-state index is 0.467. The highest BCUT2D eigenvalue weighted by molar-refractivity contribution is 6.84. The van der Waals surface area contributed by atoms with Crippen LogP contribution >= 0.6 is 0 Å². The van der Waals surface area contributed by atoms with Crippen molar-refractivity contribution in [1.82, 2.24) is 0 Å². The minimum Gasteiger partial charge on any atom is -0.493 e. The van der Waals surface area contributed by atoms with Crippen LogP contribution in [0.5, 0.6) is 17.2 Å². The summed E-state index contributed by atoms with van der Waals surface area (Å²) in [5, 5.41) is 0.700. The molecule has 0 aliphatic rings. The van der Waals surface area contributed by atoms with Crippen LogP contribution in [0.4, 0.5) is 0 Å². The second kappa shape index (κ2) is 7.43. The van der Waals surface area contributed by atoms with Gasteiger partial charge in [-0.1, -0.05) is 30.0 Å². The molecule has 2 aromatic rings. The normalized spacial score (nSPS) is 10.6. The van der Waals surface area contributed by atoms with E-state index in [1.807, 2.05) is 43.4 Å². The molecule has 5 heteroatoms. The maximum atomic E-state index is 10.8. The Morgan fingerprint density at radius 2 is 1.50 bits per heavy atom. The van der Waals surface area contributed by atoms with Gasteiger partial charge in [0.1, 0.15) is 0 Å². The van der Waals surface area contributed by atoms with Gasteiger partial charge < -0.3 is 19.0 Å². The number of hydrogen-bond acceptors (Lipinski definition) is 4. The fourth-order valence-electron chi connectivity index (χ4n) is 2.52. The van der Waals surface area contributed by atoms with Gasteiger partial charge in [-0.3, -0.25) is 0 Å². The molecule has 0 amide bonds. The largest absolute Gasteiger partial charge is 0.493 e. The Hall–Kier alpha value is -2.42. The number of benzene rings is 2. The molecule has 0 spiro atoms. The highest BCUT2D eigenvalue weighted by Gasteiger charge is 2.32. The molecule has 24 heavy (non-hydrogen) atoms. The summed E-state index contributed by atoms with van der Waals surface area (Å²) < 4.78 is 16.4. The summed E-state index contributed by atoms with van der Waals surface area (Å²) in [5.74, 6) is 7.74. The zero-order valence-electron chi connectivity index (χ0n) is 14.6. The standard InChI is InChI=1S/C19H22O4Si/c1-21-16-13-15(12-11-14-9-7-6-8-10-14)19(24(4,5)20)18(23-3)17(16)22-2/h6-10,13,20H,1-5H3. The molecule has 2 rings (SSSR count). The monoisotopic (exact) mass is 342 g/mol. The Bertz CT molecular complexity index is 768. The molecule has 0 radical (unpaired) electrons. The van der Waals surface area contributed by atoms with Gasteiger partial charge in [-0.25, -0.2) is 0 Å². The summed E-state index contributed by atoms with van der Waals surface area (Å²) >= 11 is 0. The van der Waals surface area contributed by atoms with Crippen molar-refractivity contribution in [2.24, 2.45) is 0 Å². The zero-order valence-corrected chi connectivity index (χ0v) is 15.6. The lowest BCUT2D eigenvalue weighted by atomic mass is 10.1. The fraction of sp³-hybridized carbons (Fsp3) is 0.263. The third-order valence-electron chi connectivity index (χ3n) is 3.56. The van der Waals surface area contributed by atoms with E-state index in [1.54, 1.807) is 27.4 Å². The smallest absolute Gasteiger partial charge is 0.219 e. The molecular formula is C19H22O4Si. The Labute approximate surface area is 144 Å². The third-order valence-corrected chi connectivity index (χ3v) is 5.28. The molecule has 0 aliphatic heterocycles. The third kappa shape index (κ3) is 3.73. The molecule has 0 bridgehead atoms. The van der Waals surface area contributed by atoms with Crippen LogP contribution in [0.15, 0.2) is 36.4 Å². The van der Waals surface area contributed by atoms with E-state index in [9.17, 15) is 4.80 Å². The van der Waals surface area contributed by atoms with Crippen LogP contribution in [-0.2, 0) is 0 Å². The van der Waals surface area contributed by atoms with Gasteiger partial charge in [0.15, 0.2) is 11.5 Å². The van der Waals surface area contributed by atoms with Crippen molar-refractivity contribution in [2.75, 3.05) is 21.3 Å². The van der Waals surface area contributed by atoms with Gasteiger partial charge >= 0.3 is 0 Å². The maximum Gasteiger partial charge on any atom is 0.219 e. The predicted molar refractivity (Wildman–Crippen MR) is 97.9 cm³/mol. The van der Waals surface area contributed by atoms with E-state index >= 15 is 0 Å². The van der Waals surface area contributed by atoms with Gasteiger partial charge in [-0.05, 0) is 31.3 Å². The van der Waals surface area contributed by atoms with Crippen molar-refractivity contribution < 1.29 is 19.0 Å². The second-order valence-electron chi connectivity index (χ2n) is 5.74. The van der Waals surface area contributed by atoms with E-state index in [1.165, 1.54) is 0 Å². The van der Waals surface area contributed by atoms with Crippen molar-refractivity contribution in [1.29, 1.82) is 0 Å². The SMILES string of the molecule is COc1cc(C#Cc2ccccc2)c([Si](C)(C)O)c(OC)c1OC. The first kappa shape index (κ1) is 17.9. The van der Waals surface area contributed by atoms with Gasteiger partial charge in [-0.15, -0.1) is 0 Å². The molecule has 4 nitrogen and oxygen atoms in total. The first-order valence-corrected chi connectivity index (χ1v) is 10.5. The molecule has 0 heterocycles. The average Bonchev–Trinajstić information content (AvgIpc) is 2.58. The molecule has 126 valence electrons. The minimum atomic E-state index is -2.73. The molecule has 0 atom stereocenters.